The summed E-state index contributed by atoms with van der Waals surface area (Å²) in [5.41, 5.74) is 0.697. The van der Waals surface area contributed by atoms with E-state index in [0.29, 0.717) is 0 Å². The van der Waals surface area contributed by atoms with Gasteiger partial charge in [-0.3, -0.25) is 10.1 Å². The fourth-order valence-corrected chi connectivity index (χ4v) is 4.38. The predicted octanol–water partition coefficient (Wildman–Crippen LogP) is 2.05. The molecule has 34 heavy (non-hydrogen) atoms. The summed E-state index contributed by atoms with van der Waals surface area (Å²) in [7, 11) is -1.29. The van der Waals surface area contributed by atoms with Crippen LogP contribution >= 0.6 is 0 Å². The van der Waals surface area contributed by atoms with E-state index in [-0.39, 0.29) is 28.8 Å². The minimum Gasteiger partial charge on any atom is -0.495 e. The summed E-state index contributed by atoms with van der Waals surface area (Å²) in [6.07, 6.45) is 0.436. The average Bonchev–Trinajstić information content (AvgIpc) is 3.62. The van der Waals surface area contributed by atoms with E-state index < -0.39 is 34.0 Å². The molecule has 0 radical (unpaired) electrons. The minimum atomic E-state index is -4.03. The molecule has 2 aromatic rings. The van der Waals surface area contributed by atoms with Gasteiger partial charge in [-0.05, 0) is 43.5 Å². The molecule has 2 aromatic carbocycles. The van der Waals surface area contributed by atoms with Crippen LogP contribution in [-0.4, -0.2) is 56.9 Å². The van der Waals surface area contributed by atoms with Crippen LogP contribution in [0.1, 0.15) is 35.7 Å². The molecule has 3 amide bonds. The summed E-state index contributed by atoms with van der Waals surface area (Å²) in [6.45, 7) is 1.42. The Hall–Kier alpha value is -3.44. The fourth-order valence-electron chi connectivity index (χ4n) is 3.04. The number of hydrogen-bond acceptors (Lipinski definition) is 7. The Bertz CT molecular complexity index is 1160. The van der Waals surface area contributed by atoms with Gasteiger partial charge in [-0.25, -0.2) is 18.0 Å². The number of carbonyl (C=O) groups excluding carboxylic acids is 3. The van der Waals surface area contributed by atoms with Gasteiger partial charge in [0.25, 0.3) is 5.91 Å². The normalized spacial score (nSPS) is 14.2. The zero-order valence-corrected chi connectivity index (χ0v) is 19.9. The number of hydrogen-bond donors (Lipinski definition) is 2. The Balaban J connectivity index is 1.73. The molecule has 1 fully saturated rings. The Morgan fingerprint density at radius 2 is 1.79 bits per heavy atom. The number of carbonyl (C=O) groups is 3. The highest BCUT2D eigenvalue weighted by atomic mass is 32.2. The first-order valence-electron chi connectivity index (χ1n) is 10.6. The molecule has 1 atom stereocenters. The number of amides is 3. The molecule has 0 heterocycles. The maximum Gasteiger partial charge on any atom is 0.338 e. The van der Waals surface area contributed by atoms with Crippen LogP contribution < -0.4 is 15.4 Å². The van der Waals surface area contributed by atoms with Crippen molar-refractivity contribution in [3.05, 3.63) is 59.7 Å². The van der Waals surface area contributed by atoms with Gasteiger partial charge < -0.3 is 14.8 Å². The number of nitrogens with one attached hydrogen (secondary N) is 2. The number of benzene rings is 2. The van der Waals surface area contributed by atoms with Crippen LogP contribution in [0.2, 0.25) is 0 Å². The van der Waals surface area contributed by atoms with Gasteiger partial charge >= 0.3 is 12.0 Å². The molecule has 0 aromatic heterocycles. The number of rotatable bonds is 9. The molecule has 11 heteroatoms. The molecule has 1 unspecified atom stereocenters. The molecule has 1 saturated carbocycles. The van der Waals surface area contributed by atoms with Gasteiger partial charge in [0, 0.05) is 19.6 Å². The fraction of sp³-hybridized carbons (Fsp3) is 0.348. The van der Waals surface area contributed by atoms with Crippen molar-refractivity contribution in [2.45, 2.75) is 43.4 Å². The third kappa shape index (κ3) is 6.33. The van der Waals surface area contributed by atoms with Gasteiger partial charge in [0.2, 0.25) is 10.0 Å². The number of imide groups is 1. The van der Waals surface area contributed by atoms with E-state index in [4.69, 9.17) is 9.47 Å². The van der Waals surface area contributed by atoms with Crippen molar-refractivity contribution in [1.29, 1.82) is 0 Å². The number of urea groups is 1. The van der Waals surface area contributed by atoms with E-state index in [1.54, 1.807) is 24.3 Å². The van der Waals surface area contributed by atoms with Crippen LogP contribution in [0.3, 0.4) is 0 Å². The van der Waals surface area contributed by atoms with Crippen molar-refractivity contribution < 1.29 is 32.3 Å². The predicted molar refractivity (Wildman–Crippen MR) is 123 cm³/mol. The van der Waals surface area contributed by atoms with E-state index >= 15 is 0 Å². The quantitative estimate of drug-likeness (QED) is 0.516. The summed E-state index contributed by atoms with van der Waals surface area (Å²) in [4.78, 5) is 36.3. The first kappa shape index (κ1) is 25.2. The van der Waals surface area contributed by atoms with Gasteiger partial charge in [-0.2, -0.15) is 4.31 Å². The summed E-state index contributed by atoms with van der Waals surface area (Å²) in [6, 6.07) is 12.3. The lowest BCUT2D eigenvalue weighted by molar-refractivity contribution is -0.127. The van der Waals surface area contributed by atoms with Crippen molar-refractivity contribution in [2.24, 2.45) is 0 Å². The maximum absolute atomic E-state index is 13.2. The number of nitrogens with zero attached hydrogens (tertiary/aromatic N) is 1. The second-order valence-corrected chi connectivity index (χ2v) is 9.91. The lowest BCUT2D eigenvalue weighted by atomic mass is 10.2. The van der Waals surface area contributed by atoms with Crippen LogP contribution in [0.15, 0.2) is 53.4 Å². The van der Waals surface area contributed by atoms with Crippen LogP contribution in [-0.2, 0) is 26.1 Å². The molecular weight excluding hydrogens is 462 g/mol. The maximum atomic E-state index is 13.2. The lowest BCUT2D eigenvalue weighted by Crippen LogP contribution is -2.45. The second-order valence-electron chi connectivity index (χ2n) is 7.90. The summed E-state index contributed by atoms with van der Waals surface area (Å²) < 4.78 is 37.9. The molecule has 0 aliphatic heterocycles. The van der Waals surface area contributed by atoms with Gasteiger partial charge in [-0.15, -0.1) is 0 Å². The molecule has 182 valence electrons. The van der Waals surface area contributed by atoms with Crippen LogP contribution in [0.4, 0.5) is 4.79 Å². The number of ether oxygens (including phenoxy) is 2. The molecule has 0 saturated heterocycles. The Morgan fingerprint density at radius 3 is 2.41 bits per heavy atom. The van der Waals surface area contributed by atoms with Crippen molar-refractivity contribution in [1.82, 2.24) is 14.9 Å². The molecule has 1 aliphatic rings. The van der Waals surface area contributed by atoms with Crippen LogP contribution in [0, 0.1) is 0 Å². The molecule has 1 aliphatic carbocycles. The first-order valence-corrected chi connectivity index (χ1v) is 12.1. The van der Waals surface area contributed by atoms with E-state index in [1.165, 1.54) is 33.2 Å². The van der Waals surface area contributed by atoms with Crippen molar-refractivity contribution in [3.63, 3.8) is 0 Å². The summed E-state index contributed by atoms with van der Waals surface area (Å²) in [5.74, 6) is -1.66. The highest BCUT2D eigenvalue weighted by Crippen LogP contribution is 2.28. The highest BCUT2D eigenvalue weighted by Gasteiger charge is 2.29. The van der Waals surface area contributed by atoms with Gasteiger partial charge in [0.15, 0.2) is 6.10 Å². The van der Waals surface area contributed by atoms with Crippen LogP contribution in [0.5, 0.6) is 5.75 Å². The standard InChI is InChI=1S/C23H27N3O7S/c1-15(21(27)25-23(29)24-18-10-11-18)33-22(28)17-9-12-19(32-3)20(13-17)34(30,31)26(2)14-16-7-5-4-6-8-16/h4-9,12-13,15,18H,10-11,14H2,1-3H3,(H2,24,25,27,29). The number of methoxy groups -OCH3 is 1. The van der Waals surface area contributed by atoms with E-state index in [2.05, 4.69) is 10.6 Å². The first-order chi connectivity index (χ1) is 16.1. The average molecular weight is 490 g/mol. The van der Waals surface area contributed by atoms with E-state index in [1.807, 2.05) is 6.07 Å². The second kappa shape index (κ2) is 10.7. The molecule has 3 rings (SSSR count). The monoisotopic (exact) mass is 489 g/mol. The zero-order valence-electron chi connectivity index (χ0n) is 19.1. The Labute approximate surface area is 198 Å². The Morgan fingerprint density at radius 1 is 1.12 bits per heavy atom. The topological polar surface area (TPSA) is 131 Å². The molecule has 2 N–H and O–H groups in total. The summed E-state index contributed by atoms with van der Waals surface area (Å²) >= 11 is 0. The molecular formula is C23H27N3O7S. The lowest BCUT2D eigenvalue weighted by Gasteiger charge is -2.20. The molecule has 0 spiro atoms. The molecule has 0 bridgehead atoms. The van der Waals surface area contributed by atoms with Crippen molar-refractivity contribution in [2.75, 3.05) is 14.2 Å². The van der Waals surface area contributed by atoms with Gasteiger partial charge in [0.05, 0.1) is 12.7 Å². The van der Waals surface area contributed by atoms with Gasteiger partial charge in [0.1, 0.15) is 10.6 Å². The van der Waals surface area contributed by atoms with Crippen molar-refractivity contribution in [3.8, 4) is 5.75 Å². The third-order valence-electron chi connectivity index (χ3n) is 5.14. The van der Waals surface area contributed by atoms with Crippen LogP contribution in [0.25, 0.3) is 0 Å². The van der Waals surface area contributed by atoms with Crippen molar-refractivity contribution >= 4 is 27.9 Å². The number of sulfonamides is 1. The third-order valence-corrected chi connectivity index (χ3v) is 6.96. The molecule has 10 nitrogen and oxygen atoms in total. The number of esters is 1. The SMILES string of the molecule is COc1ccc(C(=O)OC(C)C(=O)NC(=O)NC2CC2)cc1S(=O)(=O)N(C)Cc1ccccc1. The van der Waals surface area contributed by atoms with E-state index in [9.17, 15) is 22.8 Å². The Kier molecular flexibility index (Phi) is 7.90. The highest BCUT2D eigenvalue weighted by molar-refractivity contribution is 7.89. The largest absolute Gasteiger partial charge is 0.495 e. The minimum absolute atomic E-state index is 0.0546. The zero-order chi connectivity index (χ0) is 24.9. The van der Waals surface area contributed by atoms with E-state index in [0.717, 1.165) is 28.8 Å². The van der Waals surface area contributed by atoms with Gasteiger partial charge in [-0.1, -0.05) is 30.3 Å². The smallest absolute Gasteiger partial charge is 0.338 e. The summed E-state index contributed by atoms with van der Waals surface area (Å²) in [5, 5.41) is 4.70.